The van der Waals surface area contributed by atoms with Gasteiger partial charge in [-0.2, -0.15) is 0 Å². The van der Waals surface area contributed by atoms with Crippen molar-refractivity contribution in [3.05, 3.63) is 10.1 Å². The maximum absolute atomic E-state index is 10.2. The maximum atomic E-state index is 10.2. The van der Waals surface area contributed by atoms with Gasteiger partial charge < -0.3 is 5.11 Å². The van der Waals surface area contributed by atoms with Crippen LogP contribution >= 0.6 is 22.6 Å². The summed E-state index contributed by atoms with van der Waals surface area (Å²) in [5, 5.41) is 3.48. The number of carboxylic acid groups (broad SMARTS) is 1. The third-order valence-corrected chi connectivity index (χ3v) is 0.620. The van der Waals surface area contributed by atoms with Crippen molar-refractivity contribution >= 4 is 28.6 Å². The van der Waals surface area contributed by atoms with Crippen molar-refractivity contribution in [1.82, 2.24) is 0 Å². The van der Waals surface area contributed by atoms with Crippen LogP contribution in [0, 0.1) is 0 Å². The molecule has 0 aromatic rings. The molecule has 0 amide bonds. The second kappa shape index (κ2) is 2.17. The molecular weight excluding hydrogens is 195 g/mol. The average molecular weight is 201 g/mol. The highest BCUT2D eigenvalue weighted by atomic mass is 127. The molecule has 0 unspecified atom stereocenters. The molecule has 0 aliphatic carbocycles. The summed E-state index contributed by atoms with van der Waals surface area (Å²) in [5.41, 5.74) is 0. The Kier molecular flexibility index (Phi) is 0.833. The van der Waals surface area contributed by atoms with Gasteiger partial charge in [0.05, 0.1) is 6.32 Å². The van der Waals surface area contributed by atoms with Gasteiger partial charge in [-0.1, -0.05) is 6.53 Å². The Hall–Kier alpha value is -0.0600. The second-order valence-corrected chi connectivity index (χ2v) is 1.68. The van der Waals surface area contributed by atoms with Gasteiger partial charge in [-0.3, -0.25) is 0 Å². The summed E-state index contributed by atoms with van der Waals surface area (Å²) in [4.78, 5) is 10.2. The molecule has 1 N–H and O–H groups in total. The lowest BCUT2D eigenvalue weighted by molar-refractivity contribution is -0.131. The van der Waals surface area contributed by atoms with E-state index in [1.165, 1.54) is 22.6 Å². The quantitative estimate of drug-likeness (QED) is 0.507. The predicted octanol–water partition coefficient (Wildman–Crippen LogP) is 1.02. The van der Waals surface area contributed by atoms with Crippen LogP contribution in [0.2, 0.25) is 0 Å². The Morgan fingerprint density at radius 2 is 3.00 bits per heavy atom. The summed E-state index contributed by atoms with van der Waals surface area (Å²) in [5.74, 6) is -0.962. The predicted molar refractivity (Wildman–Crippen MR) is 30.8 cm³/mol. The van der Waals surface area contributed by atoms with Crippen LogP contribution in [0.4, 0.5) is 0 Å². The number of hydrogen-bond acceptors (Lipinski definition) is 2. The zero-order valence-corrected chi connectivity index (χ0v) is 4.85. The molecule has 0 aromatic carbocycles. The molecule has 2 nitrogen and oxygen atoms in total. The Bertz CT molecular complexity index is 151. The lowest BCUT2D eigenvalue weighted by Crippen LogP contribution is -1.89. The summed E-state index contributed by atoms with van der Waals surface area (Å²) in [6, 6.07) is 0. The van der Waals surface area contributed by atoms with Gasteiger partial charge in [0.2, 0.25) is 0 Å². The Balaban J connectivity index is 4.21. The van der Waals surface area contributed by atoms with Crippen molar-refractivity contribution in [2.24, 2.45) is 0 Å². The zero-order valence-electron chi connectivity index (χ0n) is 5.69. The van der Waals surface area contributed by atoms with E-state index >= 15 is 0 Å². The van der Waals surface area contributed by atoms with Crippen molar-refractivity contribution in [3.63, 3.8) is 0 Å². The van der Waals surface area contributed by atoms with Crippen LogP contribution in [0.5, 0.6) is 0 Å². The first-order chi connectivity index (χ1) is 4.09. The number of rotatable bonds is 1. The zero-order chi connectivity index (χ0) is 7.44. The van der Waals surface area contributed by atoms with Crippen LogP contribution in [0.3, 0.4) is 0 Å². The number of aliphatic carboxylic acids is 1. The van der Waals surface area contributed by atoms with Crippen molar-refractivity contribution in [2.75, 3.05) is 0 Å². The number of carbonyl (C=O) groups is 1. The minimum atomic E-state index is -0.962. The van der Waals surface area contributed by atoms with E-state index in [1.54, 1.807) is 0 Å². The molecule has 0 heterocycles. The van der Waals surface area contributed by atoms with E-state index in [4.69, 9.17) is 4.17 Å². The van der Waals surface area contributed by atoms with Crippen LogP contribution in [0.15, 0.2) is 10.1 Å². The van der Waals surface area contributed by atoms with E-state index in [1.807, 2.05) is 0 Å². The van der Waals surface area contributed by atoms with Gasteiger partial charge in [0, 0.05) is 0 Å². The minimum Gasteiger partial charge on any atom is -0.477 e. The van der Waals surface area contributed by atoms with E-state index in [9.17, 15) is 4.79 Å². The molecule has 0 saturated carbocycles. The third kappa shape index (κ3) is 2.19. The molecule has 0 aromatic heterocycles. The van der Waals surface area contributed by atoms with E-state index in [2.05, 4.69) is 5.11 Å². The number of carboxylic acids is 1. The van der Waals surface area contributed by atoms with Gasteiger partial charge in [-0.25, -0.2) is 4.79 Å². The van der Waals surface area contributed by atoms with Gasteiger partial charge >= 0.3 is 5.97 Å². The molecule has 0 aliphatic rings. The summed E-state index contributed by atoms with van der Waals surface area (Å²) in [6.45, 7) is -0.632. The standard InChI is InChI=1S/C3H3IO2/c1-2(4)3(5)6/h1H2,(H,5,6)/i1D2/hD. The van der Waals surface area contributed by atoms with Gasteiger partial charge in [0.25, 0.3) is 1.43 Å². The van der Waals surface area contributed by atoms with Crippen LogP contribution in [-0.2, 0) is 4.79 Å². The van der Waals surface area contributed by atoms with Gasteiger partial charge in [-0.15, -0.1) is 0 Å². The van der Waals surface area contributed by atoms with Crippen molar-refractivity contribution in [1.29, 1.82) is 1.43 Å². The normalized spacial score (nSPS) is 13.2. The molecule has 0 spiro atoms. The largest absolute Gasteiger partial charge is 0.477 e. The summed E-state index contributed by atoms with van der Waals surface area (Å²) < 4.78 is 19.0. The molecule has 6 heavy (non-hydrogen) atoms. The van der Waals surface area contributed by atoms with Gasteiger partial charge in [-0.05, 0) is 22.6 Å². The van der Waals surface area contributed by atoms with Crippen molar-refractivity contribution < 1.29 is 12.6 Å². The smallest absolute Gasteiger partial charge is 0.341 e. The van der Waals surface area contributed by atoms with Crippen LogP contribution in [0.25, 0.3) is 1.43 Å². The first-order valence-corrected chi connectivity index (χ1v) is 2.18. The van der Waals surface area contributed by atoms with Crippen LogP contribution in [0.1, 0.15) is 2.74 Å². The fraction of sp³-hybridized carbons (Fsp3) is 0. The van der Waals surface area contributed by atoms with E-state index in [-0.39, 0.29) is 3.58 Å². The average Bonchev–Trinajstić information content (AvgIpc) is 1.84. The Labute approximate surface area is 53.3 Å². The third-order valence-electron chi connectivity index (χ3n) is 0.179. The highest BCUT2D eigenvalue weighted by molar-refractivity contribution is 14.1. The summed E-state index contributed by atoms with van der Waals surface area (Å²) in [7, 11) is 0. The van der Waals surface area contributed by atoms with Gasteiger partial charge in [0.15, 0.2) is 0 Å². The van der Waals surface area contributed by atoms with E-state index < -0.39 is 12.5 Å². The SMILES string of the molecule is [2H]OC(=O)C(I)=C([2H])[2H]. The van der Waals surface area contributed by atoms with Gasteiger partial charge in [0.1, 0.15) is 0 Å². The van der Waals surface area contributed by atoms with Crippen LogP contribution < -0.4 is 0 Å². The van der Waals surface area contributed by atoms with E-state index in [0.717, 1.165) is 0 Å². The molecule has 0 fully saturated rings. The molecule has 0 rings (SSSR count). The van der Waals surface area contributed by atoms with Crippen molar-refractivity contribution in [2.45, 2.75) is 0 Å². The lowest BCUT2D eigenvalue weighted by Gasteiger charge is -1.77. The lowest BCUT2D eigenvalue weighted by atomic mass is 10.7. The molecule has 0 aliphatic heterocycles. The fourth-order valence-corrected chi connectivity index (χ4v) is 0. The molecule has 34 valence electrons. The first kappa shape index (κ1) is 2.30. The first-order valence-electron chi connectivity index (χ1n) is 2.51. The number of hydrogen-bond donors (Lipinski definition) is 1. The molecule has 0 atom stereocenters. The second-order valence-electron chi connectivity index (χ2n) is 0.601. The molecule has 0 bridgehead atoms. The van der Waals surface area contributed by atoms with E-state index in [0.29, 0.717) is 0 Å². The maximum Gasteiger partial charge on any atom is 0.341 e. The molecule has 0 radical (unpaired) electrons. The Morgan fingerprint density at radius 1 is 2.33 bits per heavy atom. The fourth-order valence-electron chi connectivity index (χ4n) is 0. The topological polar surface area (TPSA) is 37.3 Å². The highest BCUT2D eigenvalue weighted by Gasteiger charge is 1.92. The summed E-state index contributed by atoms with van der Waals surface area (Å²) in [6.07, 6.45) is 0. The highest BCUT2D eigenvalue weighted by Crippen LogP contribution is 1.98. The molecule has 3 heteroatoms. The van der Waals surface area contributed by atoms with Crippen molar-refractivity contribution in [3.8, 4) is 0 Å². The monoisotopic (exact) mass is 201 g/mol. The molecular formula is C3H3IO2. The summed E-state index contributed by atoms with van der Waals surface area (Å²) >= 11 is 1.47. The number of halogens is 1. The van der Waals surface area contributed by atoms with Crippen LogP contribution in [-0.4, -0.2) is 11.1 Å². The Morgan fingerprint density at radius 3 is 3.17 bits per heavy atom. The molecule has 0 saturated heterocycles. The minimum absolute atomic E-state index is 0.192.